The van der Waals surface area contributed by atoms with E-state index in [1.165, 1.54) is 11.3 Å². The molecule has 0 radical (unpaired) electrons. The summed E-state index contributed by atoms with van der Waals surface area (Å²) >= 11 is 0. The number of hydrogen-bond acceptors (Lipinski definition) is 4. The second-order valence-corrected chi connectivity index (χ2v) is 8.73. The summed E-state index contributed by atoms with van der Waals surface area (Å²) in [5.74, 6) is 1.22. The van der Waals surface area contributed by atoms with E-state index in [1.54, 1.807) is 0 Å². The Morgan fingerprint density at radius 3 is 2.26 bits per heavy atom. The summed E-state index contributed by atoms with van der Waals surface area (Å²) in [6.45, 7) is 7.12. The predicted octanol–water partition coefficient (Wildman–Crippen LogP) is 3.31. The molecule has 2 aromatic rings. The van der Waals surface area contributed by atoms with Crippen LogP contribution >= 0.6 is 24.8 Å². The van der Waals surface area contributed by atoms with Crippen LogP contribution in [0, 0.1) is 11.8 Å². The van der Waals surface area contributed by atoms with Crippen molar-refractivity contribution in [3.8, 4) is 0 Å². The van der Waals surface area contributed by atoms with Gasteiger partial charge in [0.2, 0.25) is 0 Å². The summed E-state index contributed by atoms with van der Waals surface area (Å²) in [5, 5.41) is 3.52. The Bertz CT molecular complexity index is 856. The highest BCUT2D eigenvalue weighted by Gasteiger charge is 2.46. The van der Waals surface area contributed by atoms with Gasteiger partial charge >= 0.3 is 0 Å². The topological polar surface area (TPSA) is 38.8 Å². The highest BCUT2D eigenvalue weighted by molar-refractivity contribution is 5.95. The van der Waals surface area contributed by atoms with E-state index in [0.717, 1.165) is 51.4 Å². The quantitative estimate of drug-likeness (QED) is 0.758. The molecule has 0 bridgehead atoms. The minimum absolute atomic E-state index is 0. The van der Waals surface area contributed by atoms with Crippen molar-refractivity contribution in [1.29, 1.82) is 0 Å². The summed E-state index contributed by atoms with van der Waals surface area (Å²) in [5.41, 5.74) is 3.28. The first-order chi connectivity index (χ1) is 14.2. The van der Waals surface area contributed by atoms with Gasteiger partial charge in [0.15, 0.2) is 0 Å². The van der Waals surface area contributed by atoms with E-state index in [-0.39, 0.29) is 36.8 Å². The smallest absolute Gasteiger partial charge is 0.254 e. The monoisotopic (exact) mass is 462 g/mol. The number of carbonyl (C=O) groups is 1. The van der Waals surface area contributed by atoms with Crippen LogP contribution in [0.25, 0.3) is 0 Å². The second-order valence-electron chi connectivity index (χ2n) is 8.73. The number of carbonyl (C=O) groups excluding carboxylic acids is 1. The number of halogens is 2. The van der Waals surface area contributed by atoms with Crippen LogP contribution in [0.3, 0.4) is 0 Å². The maximum absolute atomic E-state index is 13.5. The first kappa shape index (κ1) is 23.9. The number of nitrogens with one attached hydrogen (secondary N) is 1. The number of anilines is 1. The van der Waals surface area contributed by atoms with Gasteiger partial charge in [-0.15, -0.1) is 24.8 Å². The first-order valence-electron chi connectivity index (χ1n) is 10.8. The van der Waals surface area contributed by atoms with E-state index in [9.17, 15) is 4.79 Å². The molecule has 1 N–H and O–H groups in total. The third-order valence-corrected chi connectivity index (χ3v) is 6.95. The fourth-order valence-electron chi connectivity index (χ4n) is 5.25. The molecule has 3 heterocycles. The first-order valence-corrected chi connectivity index (χ1v) is 10.8. The summed E-state index contributed by atoms with van der Waals surface area (Å²) in [7, 11) is 2.17. The molecule has 168 valence electrons. The highest BCUT2D eigenvalue weighted by Crippen LogP contribution is 2.43. The zero-order valence-electron chi connectivity index (χ0n) is 17.9. The number of fused-ring (bicyclic) bond motifs is 1. The van der Waals surface area contributed by atoms with Crippen molar-refractivity contribution in [3.05, 3.63) is 65.7 Å². The predicted molar refractivity (Wildman–Crippen MR) is 131 cm³/mol. The zero-order valence-corrected chi connectivity index (χ0v) is 19.6. The lowest BCUT2D eigenvalue weighted by Crippen LogP contribution is -2.44. The third-order valence-electron chi connectivity index (χ3n) is 6.95. The third kappa shape index (κ3) is 4.70. The Labute approximate surface area is 197 Å². The van der Waals surface area contributed by atoms with Crippen molar-refractivity contribution >= 4 is 36.4 Å². The lowest BCUT2D eigenvalue weighted by molar-refractivity contribution is 0.0714. The van der Waals surface area contributed by atoms with Crippen LogP contribution < -0.4 is 10.2 Å². The fraction of sp³-hybridized carbons (Fsp3) is 0.458. The number of hydrogen-bond donors (Lipinski definition) is 1. The molecule has 0 spiro atoms. The van der Waals surface area contributed by atoms with E-state index in [4.69, 9.17) is 0 Å². The molecule has 3 aliphatic heterocycles. The molecule has 7 heteroatoms. The number of benzene rings is 2. The van der Waals surface area contributed by atoms with Gasteiger partial charge in [0.1, 0.15) is 0 Å². The summed E-state index contributed by atoms with van der Waals surface area (Å²) < 4.78 is 0. The average molecular weight is 463 g/mol. The maximum atomic E-state index is 13.5. The molecule has 1 amide bonds. The maximum Gasteiger partial charge on any atom is 0.254 e. The van der Waals surface area contributed by atoms with Gasteiger partial charge in [-0.1, -0.05) is 30.3 Å². The van der Waals surface area contributed by atoms with Crippen LogP contribution in [-0.4, -0.2) is 68.6 Å². The molecular weight excluding hydrogens is 431 g/mol. The number of piperazine rings is 1. The zero-order chi connectivity index (χ0) is 19.8. The molecule has 3 saturated heterocycles. The number of likely N-dealkylation sites (N-methyl/N-ethyl adjacent to an activating group) is 1. The lowest BCUT2D eigenvalue weighted by atomic mass is 9.89. The molecule has 2 aromatic carbocycles. The fourth-order valence-corrected chi connectivity index (χ4v) is 5.25. The minimum Gasteiger partial charge on any atom is -0.369 e. The molecule has 3 fully saturated rings. The highest BCUT2D eigenvalue weighted by atomic mass is 35.5. The van der Waals surface area contributed by atoms with Crippen molar-refractivity contribution in [1.82, 2.24) is 15.1 Å². The number of rotatable bonds is 3. The van der Waals surface area contributed by atoms with Crippen LogP contribution in [0.4, 0.5) is 5.69 Å². The van der Waals surface area contributed by atoms with E-state index in [2.05, 4.69) is 63.5 Å². The Morgan fingerprint density at radius 1 is 0.903 bits per heavy atom. The minimum atomic E-state index is 0. The molecule has 5 nitrogen and oxygen atoms in total. The van der Waals surface area contributed by atoms with E-state index in [1.807, 2.05) is 18.2 Å². The summed E-state index contributed by atoms with van der Waals surface area (Å²) in [6, 6.07) is 19.0. The van der Waals surface area contributed by atoms with Crippen LogP contribution in [0.2, 0.25) is 0 Å². The second kappa shape index (κ2) is 10.2. The van der Waals surface area contributed by atoms with E-state index < -0.39 is 0 Å². The number of likely N-dealkylation sites (tertiary alicyclic amines) is 1. The van der Waals surface area contributed by atoms with Crippen LogP contribution in [0.1, 0.15) is 22.0 Å². The van der Waals surface area contributed by atoms with Gasteiger partial charge in [-0.25, -0.2) is 0 Å². The van der Waals surface area contributed by atoms with Crippen molar-refractivity contribution in [2.24, 2.45) is 11.8 Å². The van der Waals surface area contributed by atoms with Crippen molar-refractivity contribution in [2.45, 2.75) is 6.04 Å². The SMILES string of the molecule is CN1CCN(c2ccc(C(=O)N3C[C@@H]4CNC[C@@H]4[C@H]3c3ccccc3)cc2)CC1.Cl.Cl. The number of nitrogens with zero attached hydrogens (tertiary/aromatic N) is 3. The van der Waals surface area contributed by atoms with Crippen LogP contribution in [-0.2, 0) is 0 Å². The normalized spacial score (nSPS) is 25.5. The Kier molecular flexibility index (Phi) is 7.87. The van der Waals surface area contributed by atoms with E-state index >= 15 is 0 Å². The Hall–Kier alpha value is -1.79. The molecule has 0 aliphatic carbocycles. The summed E-state index contributed by atoms with van der Waals surface area (Å²) in [6.07, 6.45) is 0. The molecule has 3 atom stereocenters. The molecule has 0 saturated carbocycles. The van der Waals surface area contributed by atoms with Crippen molar-refractivity contribution in [2.75, 3.05) is 57.8 Å². The average Bonchev–Trinajstić information content (AvgIpc) is 3.36. The number of amides is 1. The van der Waals surface area contributed by atoms with Gasteiger partial charge in [0, 0.05) is 63.0 Å². The van der Waals surface area contributed by atoms with Crippen molar-refractivity contribution < 1.29 is 4.79 Å². The molecule has 3 aliphatic rings. The Balaban J connectivity index is 0.00000136. The lowest BCUT2D eigenvalue weighted by Gasteiger charge is -2.34. The van der Waals surface area contributed by atoms with Crippen LogP contribution in [0.15, 0.2) is 54.6 Å². The molecule has 0 unspecified atom stereocenters. The van der Waals surface area contributed by atoms with E-state index in [0.29, 0.717) is 11.8 Å². The van der Waals surface area contributed by atoms with Gasteiger partial charge < -0.3 is 20.0 Å². The largest absolute Gasteiger partial charge is 0.369 e. The van der Waals surface area contributed by atoms with Gasteiger partial charge in [-0.05, 0) is 42.8 Å². The summed E-state index contributed by atoms with van der Waals surface area (Å²) in [4.78, 5) is 20.4. The van der Waals surface area contributed by atoms with Gasteiger partial charge in [0.05, 0.1) is 6.04 Å². The van der Waals surface area contributed by atoms with Gasteiger partial charge in [-0.2, -0.15) is 0 Å². The molecule has 0 aromatic heterocycles. The van der Waals surface area contributed by atoms with Gasteiger partial charge in [0.25, 0.3) is 5.91 Å². The van der Waals surface area contributed by atoms with Crippen molar-refractivity contribution in [3.63, 3.8) is 0 Å². The standard InChI is InChI=1S/C24H30N4O.2ClH/c1-26-11-13-27(14-12-26)21-9-7-19(8-10-21)24(29)28-17-20-15-25-16-22(20)23(28)18-5-3-2-4-6-18;;/h2-10,20,22-23,25H,11-17H2,1H3;2*1H/t20-,22-,23+;;/m0../s1. The molecule has 5 rings (SSSR count). The van der Waals surface area contributed by atoms with Gasteiger partial charge in [-0.3, -0.25) is 4.79 Å². The molecule has 31 heavy (non-hydrogen) atoms. The molecular formula is C24H32Cl2N4O. The van der Waals surface area contributed by atoms with Crippen LogP contribution in [0.5, 0.6) is 0 Å². The Morgan fingerprint density at radius 2 is 1.58 bits per heavy atom.